The number of aryl methyl sites for hydroxylation is 1. The van der Waals surface area contributed by atoms with Crippen molar-refractivity contribution in [1.29, 1.82) is 0 Å². The molecule has 0 aliphatic carbocycles. The third-order valence-electron chi connectivity index (χ3n) is 3.21. The summed E-state index contributed by atoms with van der Waals surface area (Å²) in [5, 5.41) is 6.75. The minimum atomic E-state index is -0.0629. The van der Waals surface area contributed by atoms with Crippen LogP contribution in [-0.2, 0) is 6.54 Å². The minimum absolute atomic E-state index is 0.0629. The molecule has 2 aromatic carbocycles. The summed E-state index contributed by atoms with van der Waals surface area (Å²) in [4.78, 5) is 11.5. The quantitative estimate of drug-likeness (QED) is 0.700. The third kappa shape index (κ3) is 2.15. The van der Waals surface area contributed by atoms with Gasteiger partial charge in [0.2, 0.25) is 0 Å². The molecule has 19 heavy (non-hydrogen) atoms. The highest BCUT2D eigenvalue weighted by atomic mass is 16.1. The van der Waals surface area contributed by atoms with Gasteiger partial charge in [-0.2, -0.15) is 5.10 Å². The Bertz CT molecular complexity index is 790. The molecule has 3 heteroatoms. The zero-order valence-corrected chi connectivity index (χ0v) is 10.7. The van der Waals surface area contributed by atoms with Crippen molar-refractivity contribution in [3.8, 4) is 11.3 Å². The van der Waals surface area contributed by atoms with E-state index in [2.05, 4.69) is 29.4 Å². The Kier molecular flexibility index (Phi) is 2.88. The van der Waals surface area contributed by atoms with E-state index in [1.807, 2.05) is 25.1 Å². The fraction of sp³-hybridized carbons (Fsp3) is 0.125. The Labute approximate surface area is 111 Å². The van der Waals surface area contributed by atoms with E-state index in [1.165, 1.54) is 15.5 Å². The van der Waals surface area contributed by atoms with Crippen molar-refractivity contribution in [1.82, 2.24) is 9.78 Å². The predicted molar refractivity (Wildman–Crippen MR) is 77.1 cm³/mol. The monoisotopic (exact) mass is 250 g/mol. The van der Waals surface area contributed by atoms with Crippen molar-refractivity contribution in [3.05, 3.63) is 65.0 Å². The average molecular weight is 250 g/mol. The van der Waals surface area contributed by atoms with Crippen LogP contribution in [0.2, 0.25) is 0 Å². The molecule has 0 aliphatic rings. The molecule has 0 aliphatic heterocycles. The Balaban J connectivity index is 2.16. The zero-order valence-electron chi connectivity index (χ0n) is 10.7. The van der Waals surface area contributed by atoms with Gasteiger partial charge in [0, 0.05) is 18.2 Å². The summed E-state index contributed by atoms with van der Waals surface area (Å²) < 4.78 is 1.48. The molecule has 0 radical (unpaired) electrons. The largest absolute Gasteiger partial charge is 0.268 e. The van der Waals surface area contributed by atoms with Crippen molar-refractivity contribution in [2.75, 3.05) is 0 Å². The van der Waals surface area contributed by atoms with Crippen molar-refractivity contribution in [2.45, 2.75) is 13.5 Å². The highest BCUT2D eigenvalue weighted by Gasteiger charge is 2.03. The molecule has 1 aromatic heterocycles. The van der Waals surface area contributed by atoms with Crippen molar-refractivity contribution in [3.63, 3.8) is 0 Å². The maximum absolute atomic E-state index is 11.5. The van der Waals surface area contributed by atoms with Crippen molar-refractivity contribution < 1.29 is 0 Å². The molecule has 3 rings (SSSR count). The molecule has 94 valence electrons. The number of hydrogen-bond donors (Lipinski definition) is 0. The summed E-state index contributed by atoms with van der Waals surface area (Å²) >= 11 is 0. The maximum Gasteiger partial charge on any atom is 0.266 e. The lowest BCUT2D eigenvalue weighted by atomic mass is 10.1. The van der Waals surface area contributed by atoms with E-state index in [-0.39, 0.29) is 5.56 Å². The number of nitrogens with zero attached hydrogens (tertiary/aromatic N) is 2. The third-order valence-corrected chi connectivity index (χ3v) is 3.21. The molecular weight excluding hydrogens is 236 g/mol. The highest BCUT2D eigenvalue weighted by Crippen LogP contribution is 2.22. The van der Waals surface area contributed by atoms with Crippen LogP contribution in [-0.4, -0.2) is 9.78 Å². The molecule has 3 aromatic rings. The predicted octanol–water partition coefficient (Wildman–Crippen LogP) is 3.08. The Hall–Kier alpha value is -2.42. The van der Waals surface area contributed by atoms with Gasteiger partial charge in [-0.15, -0.1) is 0 Å². The lowest BCUT2D eigenvalue weighted by molar-refractivity contribution is 0.619. The number of rotatable bonds is 2. The molecule has 0 bridgehead atoms. The summed E-state index contributed by atoms with van der Waals surface area (Å²) in [6.07, 6.45) is 0. The van der Waals surface area contributed by atoms with Gasteiger partial charge in [0.25, 0.3) is 5.56 Å². The van der Waals surface area contributed by atoms with Gasteiger partial charge in [0.05, 0.1) is 5.69 Å². The van der Waals surface area contributed by atoms with Crippen LogP contribution in [0.4, 0.5) is 0 Å². The van der Waals surface area contributed by atoms with Gasteiger partial charge < -0.3 is 0 Å². The summed E-state index contributed by atoms with van der Waals surface area (Å²) in [6.45, 7) is 2.50. The Morgan fingerprint density at radius 2 is 1.79 bits per heavy atom. The highest BCUT2D eigenvalue weighted by molar-refractivity contribution is 5.86. The van der Waals surface area contributed by atoms with Crippen molar-refractivity contribution in [2.24, 2.45) is 0 Å². The molecule has 0 spiro atoms. The van der Waals surface area contributed by atoms with Gasteiger partial charge in [0.1, 0.15) is 0 Å². The Morgan fingerprint density at radius 3 is 2.58 bits per heavy atom. The lowest BCUT2D eigenvalue weighted by Gasteiger charge is -2.06. The first-order valence-corrected chi connectivity index (χ1v) is 6.35. The molecule has 0 N–H and O–H groups in total. The minimum Gasteiger partial charge on any atom is -0.268 e. The number of aromatic nitrogens is 2. The molecule has 0 atom stereocenters. The second-order valence-corrected chi connectivity index (χ2v) is 4.43. The normalized spacial score (nSPS) is 10.8. The molecule has 0 saturated carbocycles. The average Bonchev–Trinajstić information content (AvgIpc) is 2.47. The standard InChI is InChI=1S/C16H14N2O/c1-2-18-16(19)10-9-15(17-18)14-8-7-12-5-3-4-6-13(12)11-14/h3-11H,2H2,1H3. The number of fused-ring (bicyclic) bond motifs is 1. The van der Waals surface area contributed by atoms with E-state index in [0.29, 0.717) is 6.54 Å². The second kappa shape index (κ2) is 4.69. The molecule has 1 heterocycles. The van der Waals surface area contributed by atoms with E-state index in [9.17, 15) is 4.79 Å². The van der Waals surface area contributed by atoms with Crippen LogP contribution < -0.4 is 5.56 Å². The van der Waals surface area contributed by atoms with Crippen LogP contribution in [0.5, 0.6) is 0 Å². The fourth-order valence-corrected chi connectivity index (χ4v) is 2.18. The smallest absolute Gasteiger partial charge is 0.266 e. The molecule has 3 nitrogen and oxygen atoms in total. The zero-order chi connectivity index (χ0) is 13.2. The van der Waals surface area contributed by atoms with Crippen LogP contribution in [0.25, 0.3) is 22.0 Å². The molecule has 0 fully saturated rings. The number of benzene rings is 2. The topological polar surface area (TPSA) is 34.9 Å². The summed E-state index contributed by atoms with van der Waals surface area (Å²) in [5.41, 5.74) is 1.79. The van der Waals surface area contributed by atoms with Gasteiger partial charge in [0.15, 0.2) is 0 Å². The molecule has 0 unspecified atom stereocenters. The van der Waals surface area contributed by atoms with Gasteiger partial charge in [-0.25, -0.2) is 4.68 Å². The summed E-state index contributed by atoms with van der Waals surface area (Å²) in [6, 6.07) is 17.8. The SMILES string of the molecule is CCn1nc(-c2ccc3ccccc3c2)ccc1=O. The van der Waals surface area contributed by atoms with Gasteiger partial charge in [-0.05, 0) is 29.8 Å². The second-order valence-electron chi connectivity index (χ2n) is 4.43. The van der Waals surface area contributed by atoms with E-state index in [1.54, 1.807) is 12.1 Å². The van der Waals surface area contributed by atoms with Crippen LogP contribution in [0, 0.1) is 0 Å². The molecule has 0 amide bonds. The van der Waals surface area contributed by atoms with Crippen LogP contribution in [0.15, 0.2) is 59.4 Å². The van der Waals surface area contributed by atoms with E-state index >= 15 is 0 Å². The van der Waals surface area contributed by atoms with Gasteiger partial charge >= 0.3 is 0 Å². The van der Waals surface area contributed by atoms with Crippen LogP contribution in [0.1, 0.15) is 6.92 Å². The van der Waals surface area contributed by atoms with E-state index < -0.39 is 0 Å². The number of hydrogen-bond acceptors (Lipinski definition) is 2. The van der Waals surface area contributed by atoms with Crippen LogP contribution in [0.3, 0.4) is 0 Å². The fourth-order valence-electron chi connectivity index (χ4n) is 2.18. The first kappa shape index (κ1) is 11.7. The van der Waals surface area contributed by atoms with Gasteiger partial charge in [-0.1, -0.05) is 36.4 Å². The van der Waals surface area contributed by atoms with Gasteiger partial charge in [-0.3, -0.25) is 4.79 Å². The summed E-state index contributed by atoms with van der Waals surface area (Å²) in [7, 11) is 0. The first-order valence-electron chi connectivity index (χ1n) is 6.35. The van der Waals surface area contributed by atoms with E-state index in [4.69, 9.17) is 0 Å². The molecule has 0 saturated heterocycles. The van der Waals surface area contributed by atoms with Crippen molar-refractivity contribution >= 4 is 10.8 Å². The van der Waals surface area contributed by atoms with E-state index in [0.717, 1.165) is 11.3 Å². The Morgan fingerprint density at radius 1 is 1.00 bits per heavy atom. The van der Waals surface area contributed by atoms with Crippen LogP contribution >= 0.6 is 0 Å². The maximum atomic E-state index is 11.5. The first-order chi connectivity index (χ1) is 9.28. The molecular formula is C16H14N2O. The lowest BCUT2D eigenvalue weighted by Crippen LogP contribution is -2.20. The summed E-state index contributed by atoms with van der Waals surface area (Å²) in [5.74, 6) is 0.